The first-order chi connectivity index (χ1) is 10.2. The zero-order valence-corrected chi connectivity index (χ0v) is 12.9. The van der Waals surface area contributed by atoms with E-state index in [-0.39, 0.29) is 0 Å². The van der Waals surface area contributed by atoms with Crippen molar-refractivity contribution >= 4 is 51.7 Å². The zero-order valence-electron chi connectivity index (χ0n) is 10.6. The van der Waals surface area contributed by atoms with Gasteiger partial charge in [0.15, 0.2) is 0 Å². The molecule has 0 bridgehead atoms. The van der Waals surface area contributed by atoms with Gasteiger partial charge in [0.25, 0.3) is 0 Å². The van der Waals surface area contributed by atoms with Crippen LogP contribution in [0.15, 0.2) is 30.3 Å². The van der Waals surface area contributed by atoms with E-state index in [0.717, 1.165) is 17.3 Å². The Balaban J connectivity index is 1.92. The number of nitriles is 1. The van der Waals surface area contributed by atoms with Crippen LogP contribution in [0.2, 0.25) is 10.0 Å². The van der Waals surface area contributed by atoms with Gasteiger partial charge in [0.2, 0.25) is 0 Å². The minimum Gasteiger partial charge on any atom is -0.378 e. The van der Waals surface area contributed by atoms with E-state index in [2.05, 4.69) is 20.1 Å². The lowest BCUT2D eigenvalue weighted by Crippen LogP contribution is -2.01. The van der Waals surface area contributed by atoms with E-state index in [1.807, 2.05) is 18.2 Å². The highest BCUT2D eigenvalue weighted by molar-refractivity contribution is 7.00. The summed E-state index contributed by atoms with van der Waals surface area (Å²) in [4.78, 5) is 0. The van der Waals surface area contributed by atoms with Gasteiger partial charge in [-0.3, -0.25) is 0 Å². The summed E-state index contributed by atoms with van der Waals surface area (Å²) in [7, 11) is 0. The molecule has 0 amide bonds. The molecular weight excluding hydrogens is 327 g/mol. The van der Waals surface area contributed by atoms with Crippen LogP contribution < -0.4 is 5.32 Å². The van der Waals surface area contributed by atoms with E-state index in [9.17, 15) is 0 Å². The largest absolute Gasteiger partial charge is 0.378 e. The number of benzene rings is 2. The number of hydrogen-bond donors (Lipinski definition) is 1. The SMILES string of the molecule is N#Cc1cccc(CNc2c(Cl)cc(Cl)c3nsnc23)c1. The van der Waals surface area contributed by atoms with Crippen molar-refractivity contribution in [2.45, 2.75) is 6.54 Å². The summed E-state index contributed by atoms with van der Waals surface area (Å²) >= 11 is 13.4. The third-order valence-electron chi connectivity index (χ3n) is 2.97. The van der Waals surface area contributed by atoms with Crippen LogP contribution in [0.25, 0.3) is 11.0 Å². The number of fused-ring (bicyclic) bond motifs is 1. The molecule has 0 spiro atoms. The number of rotatable bonds is 3. The summed E-state index contributed by atoms with van der Waals surface area (Å²) in [6, 6.07) is 11.1. The van der Waals surface area contributed by atoms with Gasteiger partial charge >= 0.3 is 0 Å². The molecule has 3 aromatic rings. The summed E-state index contributed by atoms with van der Waals surface area (Å²) in [5, 5.41) is 13.1. The molecule has 0 atom stereocenters. The second-order valence-corrected chi connectivity index (χ2v) is 5.69. The fourth-order valence-electron chi connectivity index (χ4n) is 1.98. The van der Waals surface area contributed by atoms with Crippen LogP contribution in [-0.2, 0) is 6.54 Å². The van der Waals surface area contributed by atoms with Crippen molar-refractivity contribution in [2.24, 2.45) is 0 Å². The van der Waals surface area contributed by atoms with Crippen molar-refractivity contribution in [3.63, 3.8) is 0 Å². The molecule has 0 aliphatic carbocycles. The molecule has 104 valence electrons. The molecule has 1 heterocycles. The second kappa shape index (κ2) is 5.86. The van der Waals surface area contributed by atoms with E-state index in [4.69, 9.17) is 28.5 Å². The third kappa shape index (κ3) is 2.79. The summed E-state index contributed by atoms with van der Waals surface area (Å²) in [6.45, 7) is 0.531. The normalized spacial score (nSPS) is 10.5. The summed E-state index contributed by atoms with van der Waals surface area (Å²) in [5.74, 6) is 0. The topological polar surface area (TPSA) is 61.6 Å². The molecule has 0 fully saturated rings. The van der Waals surface area contributed by atoms with E-state index in [0.29, 0.717) is 38.9 Å². The molecule has 1 aromatic heterocycles. The number of anilines is 1. The quantitative estimate of drug-likeness (QED) is 0.766. The predicted molar refractivity (Wildman–Crippen MR) is 85.9 cm³/mol. The third-order valence-corrected chi connectivity index (χ3v) is 4.08. The van der Waals surface area contributed by atoms with Gasteiger partial charge in [-0.2, -0.15) is 14.0 Å². The average molecular weight is 335 g/mol. The molecule has 0 radical (unpaired) electrons. The van der Waals surface area contributed by atoms with E-state index < -0.39 is 0 Å². The van der Waals surface area contributed by atoms with Gasteiger partial charge in [0.05, 0.1) is 39.1 Å². The van der Waals surface area contributed by atoms with Crippen molar-refractivity contribution in [2.75, 3.05) is 5.32 Å². The fraction of sp³-hybridized carbons (Fsp3) is 0.0714. The molecule has 7 heteroatoms. The zero-order chi connectivity index (χ0) is 14.8. The molecule has 0 saturated heterocycles. The Morgan fingerprint density at radius 1 is 1.14 bits per heavy atom. The van der Waals surface area contributed by atoms with E-state index >= 15 is 0 Å². The Morgan fingerprint density at radius 2 is 1.95 bits per heavy atom. The highest BCUT2D eigenvalue weighted by Crippen LogP contribution is 2.35. The first-order valence-electron chi connectivity index (χ1n) is 6.02. The average Bonchev–Trinajstić information content (AvgIpc) is 2.97. The van der Waals surface area contributed by atoms with Crippen LogP contribution in [-0.4, -0.2) is 8.75 Å². The molecule has 1 N–H and O–H groups in total. The monoisotopic (exact) mass is 334 g/mol. The lowest BCUT2D eigenvalue weighted by Gasteiger charge is -2.10. The summed E-state index contributed by atoms with van der Waals surface area (Å²) in [6.07, 6.45) is 0. The summed E-state index contributed by atoms with van der Waals surface area (Å²) < 4.78 is 8.39. The molecule has 21 heavy (non-hydrogen) atoms. The number of halogens is 2. The highest BCUT2D eigenvalue weighted by Gasteiger charge is 2.13. The first kappa shape index (κ1) is 14.1. The van der Waals surface area contributed by atoms with Crippen molar-refractivity contribution in [1.82, 2.24) is 8.75 Å². The number of hydrogen-bond acceptors (Lipinski definition) is 5. The van der Waals surface area contributed by atoms with Crippen LogP contribution in [0, 0.1) is 11.3 Å². The lowest BCUT2D eigenvalue weighted by molar-refractivity contribution is 1.15. The summed E-state index contributed by atoms with van der Waals surface area (Å²) in [5.41, 5.74) is 3.61. The maximum absolute atomic E-state index is 8.91. The highest BCUT2D eigenvalue weighted by atomic mass is 35.5. The van der Waals surface area contributed by atoms with Crippen LogP contribution >= 0.6 is 34.9 Å². The minimum atomic E-state index is 0.487. The van der Waals surface area contributed by atoms with Crippen LogP contribution in [0.4, 0.5) is 5.69 Å². The molecule has 0 aliphatic rings. The number of nitrogens with zero attached hydrogens (tertiary/aromatic N) is 3. The predicted octanol–water partition coefficient (Wildman–Crippen LogP) is 4.48. The second-order valence-electron chi connectivity index (χ2n) is 4.34. The van der Waals surface area contributed by atoms with E-state index in [1.165, 1.54) is 0 Å². The molecular formula is C14H8Cl2N4S. The molecule has 3 rings (SSSR count). The van der Waals surface area contributed by atoms with Gasteiger partial charge in [-0.15, -0.1) is 0 Å². The van der Waals surface area contributed by atoms with Crippen molar-refractivity contribution in [3.8, 4) is 6.07 Å². The van der Waals surface area contributed by atoms with Gasteiger partial charge in [-0.25, -0.2) is 0 Å². The first-order valence-corrected chi connectivity index (χ1v) is 7.51. The van der Waals surface area contributed by atoms with Gasteiger partial charge in [0, 0.05) is 6.54 Å². The lowest BCUT2D eigenvalue weighted by atomic mass is 10.1. The van der Waals surface area contributed by atoms with Gasteiger partial charge in [0.1, 0.15) is 11.0 Å². The maximum Gasteiger partial charge on any atom is 0.130 e. The minimum absolute atomic E-state index is 0.487. The number of nitrogens with one attached hydrogen (secondary N) is 1. The van der Waals surface area contributed by atoms with Crippen LogP contribution in [0.5, 0.6) is 0 Å². The maximum atomic E-state index is 8.91. The molecule has 0 aliphatic heterocycles. The molecule has 0 unspecified atom stereocenters. The van der Waals surface area contributed by atoms with Gasteiger partial charge < -0.3 is 5.32 Å². The van der Waals surface area contributed by atoms with Crippen LogP contribution in [0.1, 0.15) is 11.1 Å². The van der Waals surface area contributed by atoms with E-state index in [1.54, 1.807) is 12.1 Å². The Morgan fingerprint density at radius 3 is 2.76 bits per heavy atom. The Labute approximate surface area is 135 Å². The number of aromatic nitrogens is 2. The standard InChI is InChI=1S/C14H8Cl2N4S/c15-10-5-11(16)13-14(20-21-19-13)12(10)18-7-9-3-1-2-8(4-9)6-17/h1-5,18H,7H2. The molecule has 0 saturated carbocycles. The molecule has 2 aromatic carbocycles. The van der Waals surface area contributed by atoms with Crippen LogP contribution in [0.3, 0.4) is 0 Å². The smallest absolute Gasteiger partial charge is 0.130 e. The van der Waals surface area contributed by atoms with Crippen molar-refractivity contribution in [1.29, 1.82) is 5.26 Å². The van der Waals surface area contributed by atoms with Crippen molar-refractivity contribution < 1.29 is 0 Å². The Hall–Kier alpha value is -1.87. The fourth-order valence-corrected chi connectivity index (χ4v) is 3.16. The Kier molecular flexibility index (Phi) is 3.93. The Bertz CT molecular complexity index is 854. The van der Waals surface area contributed by atoms with Gasteiger partial charge in [-0.05, 0) is 23.8 Å². The van der Waals surface area contributed by atoms with Crippen molar-refractivity contribution in [3.05, 3.63) is 51.5 Å². The van der Waals surface area contributed by atoms with Gasteiger partial charge in [-0.1, -0.05) is 35.3 Å². The molecule has 4 nitrogen and oxygen atoms in total.